The van der Waals surface area contributed by atoms with E-state index in [9.17, 15) is 0 Å². The Morgan fingerprint density at radius 3 is 2.45 bits per heavy atom. The smallest absolute Gasteiger partial charge is 0.0953 e. The Bertz CT molecular complexity index is 235. The molecule has 1 aliphatic rings. The van der Waals surface area contributed by atoms with Crippen molar-refractivity contribution in [3.8, 4) is 6.07 Å². The Labute approximate surface area is 85.6 Å². The fourth-order valence-electron chi connectivity index (χ4n) is 0.641. The number of rotatable bonds is 0. The third-order valence-electron chi connectivity index (χ3n) is 1.06. The molecule has 0 spiro atoms. The fraction of sp³-hybridized carbons (Fsp3) is 0. The monoisotopic (exact) mass is 215 g/mol. The molecule has 0 saturated heterocycles. The van der Waals surface area contributed by atoms with Crippen LogP contribution in [0.4, 0.5) is 0 Å². The Morgan fingerprint density at radius 2 is 2.09 bits per heavy atom. The Morgan fingerprint density at radius 1 is 1.45 bits per heavy atom. The third-order valence-corrected chi connectivity index (χ3v) is 1.06. The summed E-state index contributed by atoms with van der Waals surface area (Å²) in [5.74, 6) is 0. The SMILES string of the molecule is C=C1[CH]C(C#N)=CC=C1.[Cl-].[Zn]. The molecule has 0 aliphatic heterocycles. The maximum atomic E-state index is 8.38. The molecule has 53 valence electrons. The molecular formula is C8H6ClNZn-. The number of nitrogens with zero attached hydrogens (tertiary/aromatic N) is 1. The van der Waals surface area contributed by atoms with Gasteiger partial charge in [0.25, 0.3) is 0 Å². The fourth-order valence-corrected chi connectivity index (χ4v) is 0.641. The van der Waals surface area contributed by atoms with Crippen LogP contribution in [0, 0.1) is 17.8 Å². The molecule has 3 heteroatoms. The Balaban J connectivity index is 0. The molecule has 0 unspecified atom stereocenters. The van der Waals surface area contributed by atoms with Gasteiger partial charge in [-0.05, 0) is 11.6 Å². The summed E-state index contributed by atoms with van der Waals surface area (Å²) in [6.45, 7) is 3.68. The molecule has 11 heavy (non-hydrogen) atoms. The molecule has 0 saturated carbocycles. The van der Waals surface area contributed by atoms with Crippen LogP contribution in [-0.2, 0) is 19.5 Å². The summed E-state index contributed by atoms with van der Waals surface area (Å²) >= 11 is 0. The van der Waals surface area contributed by atoms with Gasteiger partial charge in [-0.25, -0.2) is 0 Å². The molecular weight excluding hydrogens is 211 g/mol. The molecule has 1 aliphatic carbocycles. The molecule has 1 radical (unpaired) electrons. The van der Waals surface area contributed by atoms with Crippen molar-refractivity contribution in [1.82, 2.24) is 0 Å². The number of nitriles is 1. The average Bonchev–Trinajstić information content (AvgIpc) is 1.88. The van der Waals surface area contributed by atoms with E-state index in [1.54, 1.807) is 12.5 Å². The second-order valence-electron chi connectivity index (χ2n) is 1.81. The largest absolute Gasteiger partial charge is 1.00 e. The van der Waals surface area contributed by atoms with Crippen LogP contribution in [0.15, 0.2) is 36.0 Å². The molecule has 0 bridgehead atoms. The quantitative estimate of drug-likeness (QED) is 0.466. The van der Waals surface area contributed by atoms with Crippen molar-refractivity contribution in [2.45, 2.75) is 0 Å². The van der Waals surface area contributed by atoms with Gasteiger partial charge in [0, 0.05) is 31.5 Å². The first-order chi connectivity index (χ1) is 4.33. The molecule has 1 rings (SSSR count). The van der Waals surface area contributed by atoms with E-state index in [-0.39, 0.29) is 31.9 Å². The normalized spacial score (nSPS) is 13.7. The van der Waals surface area contributed by atoms with Gasteiger partial charge < -0.3 is 12.4 Å². The van der Waals surface area contributed by atoms with Crippen LogP contribution in [0.5, 0.6) is 0 Å². The van der Waals surface area contributed by atoms with Gasteiger partial charge in [-0.15, -0.1) is 0 Å². The second-order valence-corrected chi connectivity index (χ2v) is 1.81. The molecule has 0 aromatic carbocycles. The van der Waals surface area contributed by atoms with Crippen LogP contribution in [0.1, 0.15) is 0 Å². The molecule has 0 aromatic rings. The molecule has 0 N–H and O–H groups in total. The van der Waals surface area contributed by atoms with Gasteiger partial charge in [0.1, 0.15) is 0 Å². The van der Waals surface area contributed by atoms with Gasteiger partial charge in [0.2, 0.25) is 0 Å². The van der Waals surface area contributed by atoms with Gasteiger partial charge in [0.15, 0.2) is 0 Å². The molecule has 0 atom stereocenters. The Kier molecular flexibility index (Phi) is 7.63. The average molecular weight is 217 g/mol. The van der Waals surface area contributed by atoms with Crippen molar-refractivity contribution in [3.05, 3.63) is 42.4 Å². The van der Waals surface area contributed by atoms with Crippen molar-refractivity contribution < 1.29 is 31.9 Å². The standard InChI is InChI=1S/C8H6N.ClH.Zn/c1-7-3-2-4-8(5-7)6-9;;/h2-5H,1H2;1H;/p-1. The van der Waals surface area contributed by atoms with Crippen LogP contribution >= 0.6 is 0 Å². The maximum Gasteiger partial charge on any atom is 0.0953 e. The minimum Gasteiger partial charge on any atom is -1.00 e. The van der Waals surface area contributed by atoms with E-state index in [2.05, 4.69) is 6.58 Å². The van der Waals surface area contributed by atoms with Crippen LogP contribution in [-0.4, -0.2) is 0 Å². The summed E-state index contributed by atoms with van der Waals surface area (Å²) in [6.07, 6.45) is 7.19. The summed E-state index contributed by atoms with van der Waals surface area (Å²) in [7, 11) is 0. The second kappa shape index (κ2) is 6.34. The van der Waals surface area contributed by atoms with Crippen LogP contribution in [0.25, 0.3) is 0 Å². The van der Waals surface area contributed by atoms with E-state index < -0.39 is 0 Å². The summed E-state index contributed by atoms with van der Waals surface area (Å²) < 4.78 is 0. The minimum absolute atomic E-state index is 0. The number of hydrogen-bond donors (Lipinski definition) is 0. The van der Waals surface area contributed by atoms with Gasteiger partial charge in [-0.1, -0.05) is 18.7 Å². The first-order valence-corrected chi connectivity index (χ1v) is 2.65. The summed E-state index contributed by atoms with van der Waals surface area (Å²) in [6, 6.07) is 2.03. The zero-order chi connectivity index (χ0) is 6.69. The minimum atomic E-state index is 0. The molecule has 1 nitrogen and oxygen atoms in total. The van der Waals surface area contributed by atoms with E-state index in [0.29, 0.717) is 5.57 Å². The predicted molar refractivity (Wildman–Crippen MR) is 36.3 cm³/mol. The first-order valence-electron chi connectivity index (χ1n) is 2.65. The third kappa shape index (κ3) is 4.14. The van der Waals surface area contributed by atoms with Crippen molar-refractivity contribution in [3.63, 3.8) is 0 Å². The summed E-state index contributed by atoms with van der Waals surface area (Å²) in [5, 5.41) is 8.38. The zero-order valence-corrected chi connectivity index (χ0v) is 9.77. The van der Waals surface area contributed by atoms with E-state index in [1.807, 2.05) is 18.2 Å². The Hall–Kier alpha value is -0.377. The molecule has 0 aromatic heterocycles. The van der Waals surface area contributed by atoms with Gasteiger partial charge in [0.05, 0.1) is 6.07 Å². The topological polar surface area (TPSA) is 23.8 Å². The number of allylic oxidation sites excluding steroid dienone is 5. The summed E-state index contributed by atoms with van der Waals surface area (Å²) in [4.78, 5) is 0. The van der Waals surface area contributed by atoms with Gasteiger partial charge in [-0.3, -0.25) is 0 Å². The zero-order valence-electron chi connectivity index (χ0n) is 6.05. The molecule has 0 heterocycles. The number of halogens is 1. The van der Waals surface area contributed by atoms with Crippen LogP contribution in [0.2, 0.25) is 0 Å². The molecule has 0 amide bonds. The first kappa shape index (κ1) is 13.2. The van der Waals surface area contributed by atoms with E-state index in [4.69, 9.17) is 5.26 Å². The van der Waals surface area contributed by atoms with E-state index >= 15 is 0 Å². The van der Waals surface area contributed by atoms with Crippen molar-refractivity contribution in [1.29, 1.82) is 5.26 Å². The number of hydrogen-bond acceptors (Lipinski definition) is 1. The van der Waals surface area contributed by atoms with E-state index in [1.165, 1.54) is 0 Å². The van der Waals surface area contributed by atoms with Crippen LogP contribution in [0.3, 0.4) is 0 Å². The van der Waals surface area contributed by atoms with Crippen molar-refractivity contribution in [2.24, 2.45) is 0 Å². The van der Waals surface area contributed by atoms with Crippen molar-refractivity contribution in [2.75, 3.05) is 0 Å². The maximum absolute atomic E-state index is 8.38. The van der Waals surface area contributed by atoms with Gasteiger partial charge >= 0.3 is 0 Å². The summed E-state index contributed by atoms with van der Waals surface area (Å²) in [5.41, 5.74) is 1.55. The van der Waals surface area contributed by atoms with Crippen molar-refractivity contribution >= 4 is 0 Å². The molecule has 0 fully saturated rings. The predicted octanol–water partition coefficient (Wildman–Crippen LogP) is -1.23. The van der Waals surface area contributed by atoms with Gasteiger partial charge in [-0.2, -0.15) is 5.26 Å². The van der Waals surface area contributed by atoms with E-state index in [0.717, 1.165) is 5.57 Å². The van der Waals surface area contributed by atoms with Crippen LogP contribution < -0.4 is 12.4 Å².